The van der Waals surface area contributed by atoms with Crippen LogP contribution >= 0.6 is 11.6 Å². The summed E-state index contributed by atoms with van der Waals surface area (Å²) in [6.45, 7) is 4.44. The van der Waals surface area contributed by atoms with E-state index in [1.165, 1.54) is 0 Å². The predicted molar refractivity (Wildman–Crippen MR) is 124 cm³/mol. The number of fused-ring (bicyclic) bond motifs is 5. The minimum Gasteiger partial charge on any atom is -0.336 e. The smallest absolute Gasteiger partial charge is 0.282 e. The third-order valence-corrected chi connectivity index (χ3v) is 9.94. The van der Waals surface area contributed by atoms with Crippen LogP contribution < -0.4 is 5.32 Å². The molecule has 5 rings (SSSR count). The molecule has 1 aromatic carbocycles. The van der Waals surface area contributed by atoms with E-state index in [9.17, 15) is 14.0 Å². The molecule has 32 heavy (non-hydrogen) atoms. The number of amides is 2. The highest BCUT2D eigenvalue weighted by atomic mass is 35.5. The van der Waals surface area contributed by atoms with Crippen LogP contribution in [0.15, 0.2) is 36.2 Å². The molecule has 4 nitrogen and oxygen atoms in total. The molecule has 2 amide bonds. The molecule has 7 atom stereocenters. The maximum atomic E-state index is 14.6. The van der Waals surface area contributed by atoms with E-state index < -0.39 is 11.7 Å². The van der Waals surface area contributed by atoms with Crippen LogP contribution in [0.3, 0.4) is 0 Å². The number of halogens is 2. The summed E-state index contributed by atoms with van der Waals surface area (Å²) in [6.07, 6.45) is 7.39. The largest absolute Gasteiger partial charge is 0.336 e. The van der Waals surface area contributed by atoms with Crippen LogP contribution in [0.1, 0.15) is 52.4 Å². The summed E-state index contributed by atoms with van der Waals surface area (Å²) >= 11 is 6.27. The van der Waals surface area contributed by atoms with Gasteiger partial charge in [-0.3, -0.25) is 9.59 Å². The first-order valence-electron chi connectivity index (χ1n) is 11.9. The molecule has 1 aromatic rings. The van der Waals surface area contributed by atoms with Crippen molar-refractivity contribution in [3.8, 4) is 0 Å². The Morgan fingerprint density at radius 2 is 1.88 bits per heavy atom. The van der Waals surface area contributed by atoms with E-state index in [0.29, 0.717) is 28.5 Å². The molecule has 0 unspecified atom stereocenters. The van der Waals surface area contributed by atoms with Gasteiger partial charge in [0.2, 0.25) is 5.91 Å². The molecule has 172 valence electrons. The minimum atomic E-state index is -0.608. The highest BCUT2D eigenvalue weighted by Crippen LogP contribution is 2.65. The van der Waals surface area contributed by atoms with Gasteiger partial charge in [0.1, 0.15) is 0 Å². The fourth-order valence-corrected chi connectivity index (χ4v) is 8.23. The van der Waals surface area contributed by atoms with Crippen molar-refractivity contribution in [3.63, 3.8) is 0 Å². The molecule has 1 N–H and O–H groups in total. The Balaban J connectivity index is 1.40. The van der Waals surface area contributed by atoms with Gasteiger partial charge in [-0.1, -0.05) is 37.6 Å². The molecule has 0 aromatic heterocycles. The zero-order valence-corrected chi connectivity index (χ0v) is 19.8. The summed E-state index contributed by atoms with van der Waals surface area (Å²) in [7, 11) is 1.75. The number of hydrogen-bond acceptors (Lipinski definition) is 2. The summed E-state index contributed by atoms with van der Waals surface area (Å²) in [6, 6.07) is 7.43. The average molecular weight is 459 g/mol. The zero-order chi connectivity index (χ0) is 22.8. The normalized spacial score (nSPS) is 40.8. The maximum Gasteiger partial charge on any atom is 0.282 e. The van der Waals surface area contributed by atoms with Crippen molar-refractivity contribution in [2.75, 3.05) is 12.4 Å². The first-order valence-corrected chi connectivity index (χ1v) is 12.3. The molecule has 0 bridgehead atoms. The number of benzene rings is 1. The second-order valence-corrected chi connectivity index (χ2v) is 11.3. The predicted octanol–water partition coefficient (Wildman–Crippen LogP) is 5.83. The van der Waals surface area contributed by atoms with Gasteiger partial charge in [0.05, 0.1) is 10.7 Å². The molecule has 0 saturated heterocycles. The Morgan fingerprint density at radius 3 is 2.62 bits per heavy atom. The number of nitrogens with one attached hydrogen (secondary N) is 1. The Bertz CT molecular complexity index is 996. The van der Waals surface area contributed by atoms with Gasteiger partial charge in [0.15, 0.2) is 5.83 Å². The van der Waals surface area contributed by atoms with Gasteiger partial charge in [-0.05, 0) is 79.9 Å². The van der Waals surface area contributed by atoms with Gasteiger partial charge in [-0.2, -0.15) is 0 Å². The van der Waals surface area contributed by atoms with Crippen LogP contribution in [0.4, 0.5) is 10.1 Å². The first-order chi connectivity index (χ1) is 15.2. The van der Waals surface area contributed by atoms with Crippen molar-refractivity contribution in [2.24, 2.45) is 34.5 Å². The van der Waals surface area contributed by atoms with Crippen molar-refractivity contribution >= 4 is 29.1 Å². The summed E-state index contributed by atoms with van der Waals surface area (Å²) in [5.74, 6) is 0.172. The highest BCUT2D eigenvalue weighted by molar-refractivity contribution is 6.33. The summed E-state index contributed by atoms with van der Waals surface area (Å²) in [4.78, 5) is 27.2. The van der Waals surface area contributed by atoms with Gasteiger partial charge in [-0.15, -0.1) is 0 Å². The van der Waals surface area contributed by atoms with E-state index in [-0.39, 0.29) is 28.7 Å². The van der Waals surface area contributed by atoms with Crippen molar-refractivity contribution in [1.82, 2.24) is 4.90 Å². The molecule has 1 aliphatic heterocycles. The Hall–Kier alpha value is -1.88. The third-order valence-electron chi connectivity index (χ3n) is 9.61. The average Bonchev–Trinajstić information content (AvgIpc) is 3.11. The monoisotopic (exact) mass is 458 g/mol. The molecular weight excluding hydrogens is 427 g/mol. The lowest BCUT2D eigenvalue weighted by Crippen LogP contribution is -2.60. The molecule has 4 aliphatic rings. The number of rotatable bonds is 2. The number of anilines is 1. The fourth-order valence-electron chi connectivity index (χ4n) is 8.04. The summed E-state index contributed by atoms with van der Waals surface area (Å²) < 4.78 is 14.6. The molecular formula is C26H32ClFN2O2. The van der Waals surface area contributed by atoms with Crippen LogP contribution in [0.2, 0.25) is 5.02 Å². The van der Waals surface area contributed by atoms with Gasteiger partial charge in [-0.25, -0.2) is 4.39 Å². The number of carbonyl (C=O) groups is 2. The summed E-state index contributed by atoms with van der Waals surface area (Å²) in [5.41, 5.74) is 0.270. The van der Waals surface area contributed by atoms with Crippen LogP contribution in [-0.4, -0.2) is 29.8 Å². The lowest BCUT2D eigenvalue weighted by molar-refractivity contribution is -0.144. The lowest BCUT2D eigenvalue weighted by atomic mass is 9.47. The Morgan fingerprint density at radius 1 is 1.12 bits per heavy atom. The van der Waals surface area contributed by atoms with Gasteiger partial charge < -0.3 is 10.2 Å². The number of nitrogens with zero attached hydrogens (tertiary/aromatic N) is 1. The molecule has 3 fully saturated rings. The second-order valence-electron chi connectivity index (χ2n) is 10.9. The Labute approximate surface area is 194 Å². The van der Waals surface area contributed by atoms with E-state index in [1.54, 1.807) is 24.1 Å². The maximum absolute atomic E-state index is 14.6. The second kappa shape index (κ2) is 7.58. The van der Waals surface area contributed by atoms with E-state index in [4.69, 9.17) is 11.6 Å². The van der Waals surface area contributed by atoms with E-state index in [2.05, 4.69) is 19.2 Å². The van der Waals surface area contributed by atoms with Crippen LogP contribution in [-0.2, 0) is 9.59 Å². The number of hydrogen-bond donors (Lipinski definition) is 1. The number of carbonyl (C=O) groups excluding carboxylic acids is 2. The van der Waals surface area contributed by atoms with E-state index in [0.717, 1.165) is 38.5 Å². The lowest BCUT2D eigenvalue weighted by Gasteiger charge is -2.60. The van der Waals surface area contributed by atoms with Crippen LogP contribution in [0, 0.1) is 34.5 Å². The molecule has 0 spiro atoms. The topological polar surface area (TPSA) is 49.4 Å². The van der Waals surface area contributed by atoms with Gasteiger partial charge >= 0.3 is 0 Å². The van der Waals surface area contributed by atoms with E-state index >= 15 is 0 Å². The zero-order valence-electron chi connectivity index (χ0n) is 19.0. The molecule has 0 radical (unpaired) electrons. The fraction of sp³-hybridized carbons (Fsp3) is 0.615. The standard InChI is InChI=1S/C26H32ClFN2O2/c1-25-13-12-17-15(8-11-22-26(17,2)14-20(28)24(32)30(22)3)16(25)9-10-18(25)23(31)29-21-7-5-4-6-19(21)27/h4-7,14-18,22H,8-13H2,1-3H3,(H,29,31)/t15-,16-,17-,18+,22+,25-,26+/m0/s1. The van der Waals surface area contributed by atoms with Crippen LogP contribution in [0.25, 0.3) is 0 Å². The number of para-hydroxylation sites is 1. The van der Waals surface area contributed by atoms with Crippen molar-refractivity contribution in [3.05, 3.63) is 41.2 Å². The first kappa shape index (κ1) is 21.9. The highest BCUT2D eigenvalue weighted by Gasteiger charge is 2.62. The minimum absolute atomic E-state index is 0.0434. The molecule has 6 heteroatoms. The Kier molecular flexibility index (Phi) is 5.20. The van der Waals surface area contributed by atoms with Crippen molar-refractivity contribution in [1.29, 1.82) is 0 Å². The van der Waals surface area contributed by atoms with Gasteiger partial charge in [0.25, 0.3) is 5.91 Å². The molecule has 3 saturated carbocycles. The van der Waals surface area contributed by atoms with Crippen LogP contribution in [0.5, 0.6) is 0 Å². The quantitative estimate of drug-likeness (QED) is 0.606. The third kappa shape index (κ3) is 3.07. The molecule has 1 heterocycles. The van der Waals surface area contributed by atoms with Crippen molar-refractivity contribution in [2.45, 2.75) is 58.4 Å². The van der Waals surface area contributed by atoms with Crippen molar-refractivity contribution < 1.29 is 14.0 Å². The summed E-state index contributed by atoms with van der Waals surface area (Å²) in [5, 5.41) is 3.63. The number of likely N-dealkylation sites (N-methyl/N-ethyl adjacent to an activating group) is 1. The van der Waals surface area contributed by atoms with E-state index in [1.807, 2.05) is 18.2 Å². The molecule has 3 aliphatic carbocycles. The van der Waals surface area contributed by atoms with Gasteiger partial charge in [0, 0.05) is 24.4 Å². The SMILES string of the molecule is CN1C(=O)C(F)=C[C@]2(C)[C@H]3CC[C@]4(C)[C@@H](C(=O)Nc5ccccc5Cl)CC[C@H]4[C@@H]3CC[C@@H]12.